The van der Waals surface area contributed by atoms with Gasteiger partial charge in [0.2, 0.25) is 11.1 Å². The first-order valence-corrected chi connectivity index (χ1v) is 5.46. The third kappa shape index (κ3) is 2.69. The van der Waals surface area contributed by atoms with Gasteiger partial charge in [-0.2, -0.15) is 4.98 Å². The Kier molecular flexibility index (Phi) is 2.86. The van der Waals surface area contributed by atoms with Gasteiger partial charge in [-0.25, -0.2) is 5.10 Å². The zero-order valence-electron chi connectivity index (χ0n) is 8.27. The molecule has 2 aromatic rings. The van der Waals surface area contributed by atoms with Crippen LogP contribution in [0.15, 0.2) is 23.4 Å². The topological polar surface area (TPSA) is 80.5 Å². The maximum absolute atomic E-state index is 5.41. The van der Waals surface area contributed by atoms with E-state index in [9.17, 15) is 0 Å². The summed E-state index contributed by atoms with van der Waals surface area (Å²) < 4.78 is 0. The molecule has 0 spiro atoms. The maximum Gasteiger partial charge on any atom is 0.216 e. The summed E-state index contributed by atoms with van der Waals surface area (Å²) in [6.07, 6.45) is 0. The smallest absolute Gasteiger partial charge is 0.216 e. The summed E-state index contributed by atoms with van der Waals surface area (Å²) in [5, 5.41) is 7.17. The number of hydrogen-bond acceptors (Lipinski definition) is 5. The molecular formula is C9H11N5S. The summed E-state index contributed by atoms with van der Waals surface area (Å²) in [5.41, 5.74) is 7.45. The van der Waals surface area contributed by atoms with E-state index in [2.05, 4.69) is 20.2 Å². The van der Waals surface area contributed by atoms with Crippen molar-refractivity contribution in [2.75, 3.05) is 5.73 Å². The summed E-state index contributed by atoms with van der Waals surface area (Å²) in [6, 6.07) is 5.94. The van der Waals surface area contributed by atoms with Crippen LogP contribution in [0.25, 0.3) is 0 Å². The number of rotatable bonds is 3. The SMILES string of the molecule is Cc1cccc(CSc2n[nH]c(N)n2)n1. The van der Waals surface area contributed by atoms with Gasteiger partial charge < -0.3 is 5.73 Å². The van der Waals surface area contributed by atoms with E-state index in [0.717, 1.165) is 17.1 Å². The number of pyridine rings is 1. The number of aryl methyl sites for hydroxylation is 1. The van der Waals surface area contributed by atoms with E-state index in [1.54, 1.807) is 0 Å². The number of nitrogens with zero attached hydrogens (tertiary/aromatic N) is 3. The van der Waals surface area contributed by atoms with Gasteiger partial charge in [-0.05, 0) is 19.1 Å². The zero-order chi connectivity index (χ0) is 10.7. The average Bonchev–Trinajstić information content (AvgIpc) is 2.62. The molecule has 0 amide bonds. The van der Waals surface area contributed by atoms with Gasteiger partial charge in [-0.1, -0.05) is 17.8 Å². The molecule has 2 heterocycles. The second-order valence-corrected chi connectivity index (χ2v) is 4.00. The van der Waals surface area contributed by atoms with Gasteiger partial charge in [0.05, 0.1) is 5.69 Å². The van der Waals surface area contributed by atoms with E-state index in [1.165, 1.54) is 11.8 Å². The number of nitrogens with two attached hydrogens (primary N) is 1. The molecule has 5 nitrogen and oxygen atoms in total. The predicted molar refractivity (Wildman–Crippen MR) is 59.3 cm³/mol. The van der Waals surface area contributed by atoms with E-state index in [0.29, 0.717) is 11.1 Å². The summed E-state index contributed by atoms with van der Waals surface area (Å²) in [7, 11) is 0. The number of H-pyrrole nitrogens is 1. The molecule has 6 heteroatoms. The Morgan fingerprint density at radius 1 is 1.40 bits per heavy atom. The number of nitrogen functional groups attached to an aromatic ring is 1. The maximum atomic E-state index is 5.41. The van der Waals surface area contributed by atoms with Crippen LogP contribution in [0.1, 0.15) is 11.4 Å². The first kappa shape index (κ1) is 9.97. The number of nitrogens with one attached hydrogen (secondary N) is 1. The largest absolute Gasteiger partial charge is 0.368 e. The van der Waals surface area contributed by atoms with Crippen LogP contribution in [0.3, 0.4) is 0 Å². The van der Waals surface area contributed by atoms with Crippen molar-refractivity contribution in [3.05, 3.63) is 29.6 Å². The van der Waals surface area contributed by atoms with Crippen LogP contribution in [-0.4, -0.2) is 20.2 Å². The van der Waals surface area contributed by atoms with Crippen molar-refractivity contribution >= 4 is 17.7 Å². The highest BCUT2D eigenvalue weighted by atomic mass is 32.2. The van der Waals surface area contributed by atoms with Gasteiger partial charge in [0.25, 0.3) is 0 Å². The van der Waals surface area contributed by atoms with Gasteiger partial charge in [-0.3, -0.25) is 4.98 Å². The minimum absolute atomic E-state index is 0.342. The molecule has 15 heavy (non-hydrogen) atoms. The molecule has 2 rings (SSSR count). The molecule has 0 saturated heterocycles. The van der Waals surface area contributed by atoms with Crippen molar-refractivity contribution in [3.63, 3.8) is 0 Å². The van der Waals surface area contributed by atoms with Crippen molar-refractivity contribution in [1.29, 1.82) is 0 Å². The quantitative estimate of drug-likeness (QED) is 0.765. The molecule has 78 valence electrons. The summed E-state index contributed by atoms with van der Waals surface area (Å²) in [6.45, 7) is 1.97. The number of anilines is 1. The van der Waals surface area contributed by atoms with E-state index in [4.69, 9.17) is 5.73 Å². The fourth-order valence-electron chi connectivity index (χ4n) is 1.14. The van der Waals surface area contributed by atoms with E-state index in [-0.39, 0.29) is 0 Å². The number of hydrogen-bond donors (Lipinski definition) is 2. The molecule has 0 saturated carbocycles. The molecule has 0 radical (unpaired) electrons. The van der Waals surface area contributed by atoms with Crippen LogP contribution in [0.2, 0.25) is 0 Å². The Labute approximate surface area is 91.5 Å². The van der Waals surface area contributed by atoms with Crippen molar-refractivity contribution in [2.24, 2.45) is 0 Å². The Hall–Kier alpha value is -1.56. The van der Waals surface area contributed by atoms with E-state index >= 15 is 0 Å². The Morgan fingerprint density at radius 3 is 2.93 bits per heavy atom. The number of thioether (sulfide) groups is 1. The lowest BCUT2D eigenvalue weighted by molar-refractivity contribution is 0.971. The van der Waals surface area contributed by atoms with Crippen LogP contribution < -0.4 is 5.73 Å². The van der Waals surface area contributed by atoms with Crippen LogP contribution in [0.4, 0.5) is 5.95 Å². The third-order valence-electron chi connectivity index (χ3n) is 1.78. The lowest BCUT2D eigenvalue weighted by atomic mass is 10.3. The van der Waals surface area contributed by atoms with E-state index in [1.807, 2.05) is 25.1 Å². The van der Waals surface area contributed by atoms with Crippen LogP contribution in [0.5, 0.6) is 0 Å². The summed E-state index contributed by atoms with van der Waals surface area (Å²) >= 11 is 1.51. The highest BCUT2D eigenvalue weighted by molar-refractivity contribution is 7.98. The molecule has 0 aliphatic rings. The molecule has 0 unspecified atom stereocenters. The Balaban J connectivity index is 1.99. The van der Waals surface area contributed by atoms with Gasteiger partial charge in [-0.15, -0.1) is 5.10 Å². The molecule has 0 bridgehead atoms. The zero-order valence-corrected chi connectivity index (χ0v) is 9.08. The Bertz CT molecular complexity index is 453. The minimum Gasteiger partial charge on any atom is -0.368 e. The fourth-order valence-corrected chi connectivity index (χ4v) is 1.85. The molecule has 3 N–H and O–H groups in total. The summed E-state index contributed by atoms with van der Waals surface area (Å²) in [4.78, 5) is 8.37. The van der Waals surface area contributed by atoms with Crippen molar-refractivity contribution in [3.8, 4) is 0 Å². The Morgan fingerprint density at radius 2 is 2.27 bits per heavy atom. The highest BCUT2D eigenvalue weighted by Gasteiger charge is 2.02. The van der Waals surface area contributed by atoms with Gasteiger partial charge in [0.1, 0.15) is 0 Å². The monoisotopic (exact) mass is 221 g/mol. The lowest BCUT2D eigenvalue weighted by Gasteiger charge is -1.98. The normalized spacial score (nSPS) is 10.5. The van der Waals surface area contributed by atoms with Crippen LogP contribution in [0, 0.1) is 6.92 Å². The predicted octanol–water partition coefficient (Wildman–Crippen LogP) is 1.38. The van der Waals surface area contributed by atoms with Gasteiger partial charge in [0.15, 0.2) is 0 Å². The van der Waals surface area contributed by atoms with Crippen molar-refractivity contribution in [1.82, 2.24) is 20.2 Å². The van der Waals surface area contributed by atoms with Crippen molar-refractivity contribution in [2.45, 2.75) is 17.8 Å². The average molecular weight is 221 g/mol. The lowest BCUT2D eigenvalue weighted by Crippen LogP contribution is -1.89. The molecule has 2 aromatic heterocycles. The van der Waals surface area contributed by atoms with Gasteiger partial charge >= 0.3 is 0 Å². The minimum atomic E-state index is 0.342. The molecule has 0 aliphatic carbocycles. The molecule has 0 aliphatic heterocycles. The second-order valence-electron chi connectivity index (χ2n) is 3.06. The first-order valence-electron chi connectivity index (χ1n) is 4.47. The molecule has 0 atom stereocenters. The standard InChI is InChI=1S/C9H11N5S/c1-6-3-2-4-7(11-6)5-15-9-12-8(10)13-14-9/h2-4H,5H2,1H3,(H3,10,12,13,14). The number of aromatic nitrogens is 4. The number of aromatic amines is 1. The molecule has 0 fully saturated rings. The fraction of sp³-hybridized carbons (Fsp3) is 0.222. The molecular weight excluding hydrogens is 210 g/mol. The van der Waals surface area contributed by atoms with Gasteiger partial charge in [0, 0.05) is 11.4 Å². The van der Waals surface area contributed by atoms with E-state index < -0.39 is 0 Å². The molecule has 0 aromatic carbocycles. The summed E-state index contributed by atoms with van der Waals surface area (Å²) in [5.74, 6) is 1.09. The van der Waals surface area contributed by atoms with Crippen LogP contribution in [-0.2, 0) is 5.75 Å². The highest BCUT2D eigenvalue weighted by Crippen LogP contribution is 2.17. The van der Waals surface area contributed by atoms with Crippen molar-refractivity contribution < 1.29 is 0 Å². The van der Waals surface area contributed by atoms with Crippen LogP contribution >= 0.6 is 11.8 Å². The second kappa shape index (κ2) is 4.31. The first-order chi connectivity index (χ1) is 7.24. The third-order valence-corrected chi connectivity index (χ3v) is 2.66.